The maximum atomic E-state index is 5.38. The van der Waals surface area contributed by atoms with Gasteiger partial charge in [-0.05, 0) is 37.2 Å². The molecule has 0 saturated heterocycles. The Bertz CT molecular complexity index is 376. The fourth-order valence-electron chi connectivity index (χ4n) is 2.71. The van der Waals surface area contributed by atoms with E-state index >= 15 is 0 Å². The Labute approximate surface area is 111 Å². The minimum atomic E-state index is 0.544. The number of nitrogens with one attached hydrogen (secondary N) is 1. The van der Waals surface area contributed by atoms with Crippen LogP contribution in [-0.4, -0.2) is 13.2 Å². The highest BCUT2D eigenvalue weighted by atomic mass is 16.5. The van der Waals surface area contributed by atoms with Crippen LogP contribution < -0.4 is 10.1 Å². The van der Waals surface area contributed by atoms with E-state index in [0.717, 1.165) is 12.3 Å². The lowest BCUT2D eigenvalue weighted by molar-refractivity contribution is 0.205. The molecule has 1 aromatic rings. The molecule has 0 aromatic heterocycles. The Morgan fingerprint density at radius 3 is 2.56 bits per heavy atom. The quantitative estimate of drug-likeness (QED) is 0.875. The van der Waals surface area contributed by atoms with Gasteiger partial charge in [0.15, 0.2) is 0 Å². The van der Waals surface area contributed by atoms with Crippen LogP contribution in [0, 0.1) is 5.41 Å². The van der Waals surface area contributed by atoms with E-state index in [1.165, 1.54) is 31.2 Å². The van der Waals surface area contributed by atoms with Crippen LogP contribution >= 0.6 is 0 Å². The molecule has 0 aliphatic heterocycles. The van der Waals surface area contributed by atoms with Crippen molar-refractivity contribution < 1.29 is 4.74 Å². The summed E-state index contributed by atoms with van der Waals surface area (Å²) in [6.07, 6.45) is 5.25. The highest BCUT2D eigenvalue weighted by Crippen LogP contribution is 2.35. The van der Waals surface area contributed by atoms with Crippen LogP contribution in [0.3, 0.4) is 0 Å². The first-order valence-corrected chi connectivity index (χ1v) is 6.96. The molecule has 0 atom stereocenters. The van der Waals surface area contributed by atoms with Gasteiger partial charge in [0.2, 0.25) is 0 Å². The third-order valence-electron chi connectivity index (χ3n) is 4.11. The molecule has 0 bridgehead atoms. The normalized spacial score (nSPS) is 19.7. The van der Waals surface area contributed by atoms with E-state index in [1.807, 2.05) is 12.1 Å². The number of hydrogen-bond donors (Lipinski definition) is 1. The molecule has 2 heteroatoms. The summed E-state index contributed by atoms with van der Waals surface area (Å²) in [7, 11) is 1.74. The molecule has 0 heterocycles. The van der Waals surface area contributed by atoms with Crippen molar-refractivity contribution in [1.82, 2.24) is 5.32 Å². The average molecular weight is 247 g/mol. The zero-order valence-electron chi connectivity index (χ0n) is 11.8. The predicted molar refractivity (Wildman–Crippen MR) is 75.9 cm³/mol. The Balaban J connectivity index is 1.85. The average Bonchev–Trinajstić information content (AvgIpc) is 2.38. The standard InChI is InChI=1S/C16H25NO/c1-16(2)10-8-14(9-11-16)17-12-13-6-4-5-7-15(13)18-3/h4-7,14,17H,8-12H2,1-3H3. The summed E-state index contributed by atoms with van der Waals surface area (Å²) in [6, 6.07) is 8.93. The van der Waals surface area contributed by atoms with Crippen molar-refractivity contribution in [2.24, 2.45) is 5.41 Å². The Kier molecular flexibility index (Phi) is 4.28. The van der Waals surface area contributed by atoms with Crippen LogP contribution in [0.15, 0.2) is 24.3 Å². The second kappa shape index (κ2) is 5.75. The van der Waals surface area contributed by atoms with E-state index in [2.05, 4.69) is 31.3 Å². The summed E-state index contributed by atoms with van der Waals surface area (Å²) in [6.45, 7) is 5.67. The largest absolute Gasteiger partial charge is 0.496 e. The van der Waals surface area contributed by atoms with Crippen LogP contribution in [0.4, 0.5) is 0 Å². The molecule has 1 aliphatic rings. The molecular weight excluding hydrogens is 222 g/mol. The van der Waals surface area contributed by atoms with E-state index in [9.17, 15) is 0 Å². The first-order valence-electron chi connectivity index (χ1n) is 6.96. The van der Waals surface area contributed by atoms with Gasteiger partial charge >= 0.3 is 0 Å². The van der Waals surface area contributed by atoms with Crippen LogP contribution in [-0.2, 0) is 6.54 Å². The molecule has 1 fully saturated rings. The summed E-state index contributed by atoms with van der Waals surface area (Å²) in [5, 5.41) is 3.67. The fourth-order valence-corrected chi connectivity index (χ4v) is 2.71. The van der Waals surface area contributed by atoms with Gasteiger partial charge in [0.1, 0.15) is 5.75 Å². The van der Waals surface area contributed by atoms with Gasteiger partial charge in [-0.1, -0.05) is 32.0 Å². The van der Waals surface area contributed by atoms with Crippen LogP contribution in [0.25, 0.3) is 0 Å². The summed E-state index contributed by atoms with van der Waals surface area (Å²) in [4.78, 5) is 0. The highest BCUT2D eigenvalue weighted by molar-refractivity contribution is 5.33. The van der Waals surface area contributed by atoms with Crippen molar-refractivity contribution in [1.29, 1.82) is 0 Å². The number of ether oxygens (including phenoxy) is 1. The lowest BCUT2D eigenvalue weighted by atomic mass is 9.75. The predicted octanol–water partition coefficient (Wildman–Crippen LogP) is 3.75. The van der Waals surface area contributed by atoms with Crippen molar-refractivity contribution >= 4 is 0 Å². The SMILES string of the molecule is COc1ccccc1CNC1CCC(C)(C)CC1. The molecule has 2 rings (SSSR count). The molecule has 1 aromatic carbocycles. The number of hydrogen-bond acceptors (Lipinski definition) is 2. The monoisotopic (exact) mass is 247 g/mol. The number of para-hydroxylation sites is 1. The molecule has 0 radical (unpaired) electrons. The second-order valence-electron chi connectivity index (χ2n) is 6.13. The van der Waals surface area contributed by atoms with E-state index < -0.39 is 0 Å². The first kappa shape index (κ1) is 13.4. The lowest BCUT2D eigenvalue weighted by Crippen LogP contribution is -2.35. The Morgan fingerprint density at radius 2 is 1.89 bits per heavy atom. The third kappa shape index (κ3) is 3.49. The molecule has 0 unspecified atom stereocenters. The van der Waals surface area contributed by atoms with Crippen molar-refractivity contribution in [3.05, 3.63) is 29.8 Å². The van der Waals surface area contributed by atoms with E-state index in [1.54, 1.807) is 7.11 Å². The highest BCUT2D eigenvalue weighted by Gasteiger charge is 2.26. The fraction of sp³-hybridized carbons (Fsp3) is 0.625. The maximum Gasteiger partial charge on any atom is 0.123 e. The summed E-state index contributed by atoms with van der Waals surface area (Å²) in [5.74, 6) is 0.987. The van der Waals surface area contributed by atoms with E-state index in [0.29, 0.717) is 11.5 Å². The molecule has 1 aliphatic carbocycles. The molecule has 100 valence electrons. The van der Waals surface area contributed by atoms with Gasteiger partial charge in [0.25, 0.3) is 0 Å². The van der Waals surface area contributed by atoms with Crippen molar-refractivity contribution in [3.8, 4) is 5.75 Å². The molecular formula is C16H25NO. The van der Waals surface area contributed by atoms with Crippen LogP contribution in [0.1, 0.15) is 45.1 Å². The van der Waals surface area contributed by atoms with Gasteiger partial charge in [-0.15, -0.1) is 0 Å². The maximum absolute atomic E-state index is 5.38. The van der Waals surface area contributed by atoms with Crippen molar-refractivity contribution in [2.75, 3.05) is 7.11 Å². The van der Waals surface area contributed by atoms with Gasteiger partial charge in [-0.25, -0.2) is 0 Å². The van der Waals surface area contributed by atoms with E-state index in [-0.39, 0.29) is 0 Å². The smallest absolute Gasteiger partial charge is 0.123 e. The first-order chi connectivity index (χ1) is 8.61. The van der Waals surface area contributed by atoms with Crippen molar-refractivity contribution in [2.45, 2.75) is 52.1 Å². The zero-order valence-corrected chi connectivity index (χ0v) is 11.8. The molecule has 0 spiro atoms. The Hall–Kier alpha value is -1.02. The summed E-state index contributed by atoms with van der Waals surface area (Å²) in [5.41, 5.74) is 1.80. The minimum absolute atomic E-state index is 0.544. The van der Waals surface area contributed by atoms with Gasteiger partial charge < -0.3 is 10.1 Å². The van der Waals surface area contributed by atoms with Gasteiger partial charge in [0.05, 0.1) is 7.11 Å². The summed E-state index contributed by atoms with van der Waals surface area (Å²) >= 11 is 0. The molecule has 18 heavy (non-hydrogen) atoms. The van der Waals surface area contributed by atoms with Crippen LogP contribution in [0.2, 0.25) is 0 Å². The van der Waals surface area contributed by atoms with E-state index in [4.69, 9.17) is 4.74 Å². The molecule has 2 nitrogen and oxygen atoms in total. The zero-order chi connectivity index (χ0) is 13.0. The minimum Gasteiger partial charge on any atom is -0.496 e. The third-order valence-corrected chi connectivity index (χ3v) is 4.11. The van der Waals surface area contributed by atoms with Crippen LogP contribution in [0.5, 0.6) is 5.75 Å². The van der Waals surface area contributed by atoms with Gasteiger partial charge in [-0.3, -0.25) is 0 Å². The summed E-state index contributed by atoms with van der Waals surface area (Å²) < 4.78 is 5.38. The topological polar surface area (TPSA) is 21.3 Å². The molecule has 1 N–H and O–H groups in total. The van der Waals surface area contributed by atoms with Gasteiger partial charge in [0, 0.05) is 18.2 Å². The van der Waals surface area contributed by atoms with Crippen molar-refractivity contribution in [3.63, 3.8) is 0 Å². The molecule has 0 amide bonds. The number of benzene rings is 1. The molecule has 1 saturated carbocycles. The number of methoxy groups -OCH3 is 1. The number of rotatable bonds is 4. The Morgan fingerprint density at radius 1 is 1.22 bits per heavy atom. The van der Waals surface area contributed by atoms with Gasteiger partial charge in [-0.2, -0.15) is 0 Å². The second-order valence-corrected chi connectivity index (χ2v) is 6.13. The lowest BCUT2D eigenvalue weighted by Gasteiger charge is -2.34.